The first-order chi connectivity index (χ1) is 13.2. The van der Waals surface area contributed by atoms with Crippen LogP contribution in [0.3, 0.4) is 0 Å². The van der Waals surface area contributed by atoms with Gasteiger partial charge in [0, 0.05) is 7.11 Å². The fraction of sp³-hybridized carbons (Fsp3) is 0.429. The van der Waals surface area contributed by atoms with E-state index in [1.165, 1.54) is 7.11 Å². The fourth-order valence-corrected chi connectivity index (χ4v) is 3.15. The van der Waals surface area contributed by atoms with Gasteiger partial charge in [0.1, 0.15) is 24.4 Å². The van der Waals surface area contributed by atoms with Crippen LogP contribution in [0.25, 0.3) is 0 Å². The molecule has 146 valence electrons. The Morgan fingerprint density at radius 1 is 0.852 bits per heavy atom. The van der Waals surface area contributed by atoms with E-state index in [-0.39, 0.29) is 6.61 Å². The van der Waals surface area contributed by atoms with Crippen molar-refractivity contribution in [1.82, 2.24) is 0 Å². The first-order valence-corrected chi connectivity index (χ1v) is 9.01. The van der Waals surface area contributed by atoms with Crippen molar-refractivity contribution in [2.45, 2.75) is 43.9 Å². The van der Waals surface area contributed by atoms with E-state index in [4.69, 9.17) is 18.9 Å². The van der Waals surface area contributed by atoms with Crippen LogP contribution in [-0.2, 0) is 32.2 Å². The van der Waals surface area contributed by atoms with Crippen molar-refractivity contribution in [3.63, 3.8) is 0 Å². The molecule has 2 aromatic rings. The molecule has 5 atom stereocenters. The molecule has 0 radical (unpaired) electrons. The lowest BCUT2D eigenvalue weighted by atomic mass is 9.98. The highest BCUT2D eigenvalue weighted by Gasteiger charge is 2.46. The molecule has 3 rings (SSSR count). The summed E-state index contributed by atoms with van der Waals surface area (Å²) >= 11 is 0. The van der Waals surface area contributed by atoms with Crippen LogP contribution in [0.2, 0.25) is 0 Å². The summed E-state index contributed by atoms with van der Waals surface area (Å²) in [6, 6.07) is 19.3. The lowest BCUT2D eigenvalue weighted by molar-refractivity contribution is -0.313. The highest BCUT2D eigenvalue weighted by atomic mass is 16.7. The molecule has 6 heteroatoms. The van der Waals surface area contributed by atoms with Crippen LogP contribution >= 0.6 is 0 Å². The Labute approximate surface area is 159 Å². The Bertz CT molecular complexity index is 607. The maximum Gasteiger partial charge on any atom is 0.186 e. The van der Waals surface area contributed by atoms with Crippen LogP contribution in [0.15, 0.2) is 60.7 Å². The van der Waals surface area contributed by atoms with Crippen LogP contribution in [0.4, 0.5) is 0 Å². The third-order valence-electron chi connectivity index (χ3n) is 4.60. The Hall–Kier alpha value is -1.80. The van der Waals surface area contributed by atoms with Gasteiger partial charge in [-0.05, 0) is 11.1 Å². The maximum atomic E-state index is 10.9. The molecule has 0 amide bonds. The molecular formula is C21H26O6. The molecule has 1 fully saturated rings. The van der Waals surface area contributed by atoms with E-state index >= 15 is 0 Å². The molecule has 1 heterocycles. The quantitative estimate of drug-likeness (QED) is 0.735. The Kier molecular flexibility index (Phi) is 7.34. The zero-order chi connectivity index (χ0) is 19.1. The van der Waals surface area contributed by atoms with Gasteiger partial charge < -0.3 is 29.2 Å². The molecule has 6 nitrogen and oxygen atoms in total. The lowest BCUT2D eigenvalue weighted by Crippen LogP contribution is -2.60. The summed E-state index contributed by atoms with van der Waals surface area (Å²) in [5.41, 5.74) is 1.95. The second kappa shape index (κ2) is 9.94. The van der Waals surface area contributed by atoms with E-state index in [1.807, 2.05) is 60.7 Å². The molecule has 1 saturated heterocycles. The number of hydrogen-bond donors (Lipinski definition) is 2. The molecule has 1 aliphatic heterocycles. The van der Waals surface area contributed by atoms with Gasteiger partial charge >= 0.3 is 0 Å². The number of rotatable bonds is 8. The van der Waals surface area contributed by atoms with E-state index in [0.29, 0.717) is 13.2 Å². The molecular weight excluding hydrogens is 348 g/mol. The van der Waals surface area contributed by atoms with Gasteiger partial charge in [0.25, 0.3) is 0 Å². The van der Waals surface area contributed by atoms with Crippen LogP contribution in [0.5, 0.6) is 0 Å². The minimum Gasteiger partial charge on any atom is -0.394 e. The Morgan fingerprint density at radius 3 is 1.85 bits per heavy atom. The Morgan fingerprint density at radius 2 is 1.37 bits per heavy atom. The molecule has 0 spiro atoms. The monoisotopic (exact) mass is 374 g/mol. The molecule has 0 saturated carbocycles. The normalized spacial score (nSPS) is 28.2. The number of aliphatic hydroxyl groups is 2. The van der Waals surface area contributed by atoms with Gasteiger partial charge in [-0.2, -0.15) is 0 Å². The van der Waals surface area contributed by atoms with Crippen LogP contribution in [-0.4, -0.2) is 54.6 Å². The SMILES string of the molecule is COC1OC(CO)C(OCc2ccccc2)C(O)C1OCc1ccccc1. The van der Waals surface area contributed by atoms with E-state index < -0.39 is 30.7 Å². The Balaban J connectivity index is 1.68. The molecule has 0 aliphatic carbocycles. The van der Waals surface area contributed by atoms with Crippen molar-refractivity contribution in [1.29, 1.82) is 0 Å². The van der Waals surface area contributed by atoms with Gasteiger partial charge in [0.15, 0.2) is 6.29 Å². The van der Waals surface area contributed by atoms with E-state index in [0.717, 1.165) is 11.1 Å². The number of hydrogen-bond acceptors (Lipinski definition) is 6. The topological polar surface area (TPSA) is 77.4 Å². The van der Waals surface area contributed by atoms with Gasteiger partial charge in [-0.15, -0.1) is 0 Å². The summed E-state index contributed by atoms with van der Waals surface area (Å²) in [5.74, 6) is 0. The highest BCUT2D eigenvalue weighted by molar-refractivity contribution is 5.14. The number of aliphatic hydroxyl groups excluding tert-OH is 2. The minimum absolute atomic E-state index is 0.290. The smallest absolute Gasteiger partial charge is 0.186 e. The average Bonchev–Trinajstić information content (AvgIpc) is 2.73. The largest absolute Gasteiger partial charge is 0.394 e. The van der Waals surface area contributed by atoms with Crippen LogP contribution < -0.4 is 0 Å². The first kappa shape index (κ1) is 19.9. The summed E-state index contributed by atoms with van der Waals surface area (Å²) in [6.07, 6.45) is -3.97. The highest BCUT2D eigenvalue weighted by Crippen LogP contribution is 2.27. The van der Waals surface area contributed by atoms with Gasteiger partial charge in [-0.1, -0.05) is 60.7 Å². The van der Waals surface area contributed by atoms with Crippen molar-refractivity contribution < 1.29 is 29.2 Å². The molecule has 0 bridgehead atoms. The summed E-state index contributed by atoms with van der Waals surface area (Å²) < 4.78 is 22.9. The van der Waals surface area contributed by atoms with Crippen molar-refractivity contribution in [3.05, 3.63) is 71.8 Å². The minimum atomic E-state index is -1.01. The fourth-order valence-electron chi connectivity index (χ4n) is 3.15. The summed E-state index contributed by atoms with van der Waals surface area (Å²) in [7, 11) is 1.48. The molecule has 1 aliphatic rings. The van der Waals surface area contributed by atoms with Crippen molar-refractivity contribution in [3.8, 4) is 0 Å². The van der Waals surface area contributed by atoms with Gasteiger partial charge in [0.05, 0.1) is 19.8 Å². The zero-order valence-corrected chi connectivity index (χ0v) is 15.3. The number of ether oxygens (including phenoxy) is 4. The second-order valence-electron chi connectivity index (χ2n) is 6.47. The summed E-state index contributed by atoms with van der Waals surface area (Å²) in [5, 5.41) is 20.5. The number of methoxy groups -OCH3 is 1. The molecule has 0 aromatic heterocycles. The molecule has 2 N–H and O–H groups in total. The standard InChI is InChI=1S/C21H26O6/c1-24-21-20(26-14-16-10-6-3-7-11-16)18(23)19(17(12-22)27-21)25-13-15-8-4-2-5-9-15/h2-11,17-23H,12-14H2,1H3. The van der Waals surface area contributed by atoms with Crippen molar-refractivity contribution in [2.24, 2.45) is 0 Å². The van der Waals surface area contributed by atoms with E-state index in [1.54, 1.807) is 0 Å². The van der Waals surface area contributed by atoms with Gasteiger partial charge in [-0.25, -0.2) is 0 Å². The van der Waals surface area contributed by atoms with Crippen molar-refractivity contribution >= 4 is 0 Å². The molecule has 27 heavy (non-hydrogen) atoms. The third-order valence-corrected chi connectivity index (χ3v) is 4.60. The van der Waals surface area contributed by atoms with Crippen molar-refractivity contribution in [2.75, 3.05) is 13.7 Å². The predicted molar refractivity (Wildman–Crippen MR) is 98.8 cm³/mol. The lowest BCUT2D eigenvalue weighted by Gasteiger charge is -2.43. The molecule has 2 aromatic carbocycles. The van der Waals surface area contributed by atoms with Crippen LogP contribution in [0, 0.1) is 0 Å². The predicted octanol–water partition coefficient (Wildman–Crippen LogP) is 1.88. The average molecular weight is 374 g/mol. The third kappa shape index (κ3) is 5.13. The van der Waals surface area contributed by atoms with E-state index in [9.17, 15) is 10.2 Å². The summed E-state index contributed by atoms with van der Waals surface area (Å²) in [4.78, 5) is 0. The second-order valence-corrected chi connectivity index (χ2v) is 6.47. The van der Waals surface area contributed by atoms with Gasteiger partial charge in [0.2, 0.25) is 0 Å². The van der Waals surface area contributed by atoms with Gasteiger partial charge in [-0.3, -0.25) is 0 Å². The maximum absolute atomic E-state index is 10.9. The number of benzene rings is 2. The zero-order valence-electron chi connectivity index (χ0n) is 15.3. The van der Waals surface area contributed by atoms with E-state index in [2.05, 4.69) is 0 Å². The summed E-state index contributed by atoms with van der Waals surface area (Å²) in [6.45, 7) is 0.314. The molecule has 5 unspecified atom stereocenters. The first-order valence-electron chi connectivity index (χ1n) is 9.01. The van der Waals surface area contributed by atoms with Crippen LogP contribution in [0.1, 0.15) is 11.1 Å².